The molecule has 21 heavy (non-hydrogen) atoms. The zero-order valence-electron chi connectivity index (χ0n) is 12.1. The molecule has 0 amide bonds. The van der Waals surface area contributed by atoms with E-state index in [0.717, 1.165) is 22.1 Å². The highest BCUT2D eigenvalue weighted by Gasteiger charge is 2.13. The fourth-order valence-electron chi connectivity index (χ4n) is 2.43. The molecular weight excluding hydrogens is 264 g/mol. The van der Waals surface area contributed by atoms with Gasteiger partial charge in [0.1, 0.15) is 11.5 Å². The normalized spacial score (nSPS) is 12.7. The Morgan fingerprint density at radius 2 is 2.05 bits per heavy atom. The number of hydrogen-bond acceptors (Lipinski definition) is 4. The van der Waals surface area contributed by atoms with Crippen LogP contribution in [-0.4, -0.2) is 10.1 Å². The predicted molar refractivity (Wildman–Crippen MR) is 82.1 cm³/mol. The Morgan fingerprint density at radius 1 is 1.24 bits per heavy atom. The lowest BCUT2D eigenvalue weighted by molar-refractivity contribution is 0.398. The molecule has 0 saturated heterocycles. The first-order valence-electron chi connectivity index (χ1n) is 7.00. The van der Waals surface area contributed by atoms with Crippen molar-refractivity contribution in [3.05, 3.63) is 59.8 Å². The third kappa shape index (κ3) is 2.76. The number of aromatic hydroxyl groups is 1. The minimum atomic E-state index is -0.0166. The second kappa shape index (κ2) is 5.58. The molecule has 1 aromatic heterocycles. The Kier molecular flexibility index (Phi) is 3.62. The second-order valence-electron chi connectivity index (χ2n) is 5.20. The maximum absolute atomic E-state index is 10.1. The smallest absolute Gasteiger partial charge is 0.211 e. The van der Waals surface area contributed by atoms with Crippen LogP contribution in [-0.2, 0) is 6.54 Å². The topological polar surface area (TPSA) is 58.3 Å². The van der Waals surface area contributed by atoms with Crippen molar-refractivity contribution in [2.75, 3.05) is 0 Å². The van der Waals surface area contributed by atoms with Gasteiger partial charge in [0.05, 0.1) is 12.2 Å². The molecule has 1 atom stereocenters. The van der Waals surface area contributed by atoms with E-state index in [2.05, 4.69) is 10.3 Å². The van der Waals surface area contributed by atoms with Crippen LogP contribution in [0.3, 0.4) is 0 Å². The minimum Gasteiger partial charge on any atom is -0.508 e. The van der Waals surface area contributed by atoms with E-state index in [1.165, 1.54) is 0 Å². The predicted octanol–water partition coefficient (Wildman–Crippen LogP) is 3.69. The van der Waals surface area contributed by atoms with E-state index in [9.17, 15) is 5.11 Å². The van der Waals surface area contributed by atoms with Gasteiger partial charge in [0.2, 0.25) is 5.89 Å². The molecule has 1 unspecified atom stereocenters. The Balaban J connectivity index is 1.83. The fourth-order valence-corrected chi connectivity index (χ4v) is 2.43. The van der Waals surface area contributed by atoms with Crippen molar-refractivity contribution in [3.63, 3.8) is 0 Å². The molecule has 0 saturated carbocycles. The van der Waals surface area contributed by atoms with Gasteiger partial charge >= 0.3 is 0 Å². The lowest BCUT2D eigenvalue weighted by Crippen LogP contribution is -2.18. The molecule has 0 radical (unpaired) electrons. The summed E-state index contributed by atoms with van der Waals surface area (Å²) in [5.41, 5.74) is 0.892. The molecule has 0 aliphatic rings. The van der Waals surface area contributed by atoms with E-state index in [1.54, 1.807) is 12.3 Å². The van der Waals surface area contributed by atoms with E-state index >= 15 is 0 Å². The van der Waals surface area contributed by atoms with Crippen LogP contribution >= 0.6 is 0 Å². The highest BCUT2D eigenvalue weighted by atomic mass is 16.4. The average Bonchev–Trinajstić information content (AvgIpc) is 2.92. The van der Waals surface area contributed by atoms with E-state index in [1.807, 2.05) is 44.2 Å². The average molecular weight is 282 g/mol. The van der Waals surface area contributed by atoms with Gasteiger partial charge in [-0.25, -0.2) is 4.98 Å². The van der Waals surface area contributed by atoms with E-state index < -0.39 is 0 Å². The quantitative estimate of drug-likeness (QED) is 0.766. The Bertz CT molecular complexity index is 764. The summed E-state index contributed by atoms with van der Waals surface area (Å²) < 4.78 is 5.52. The maximum Gasteiger partial charge on any atom is 0.211 e. The lowest BCUT2D eigenvalue weighted by Gasteiger charge is -2.13. The maximum atomic E-state index is 10.1. The molecule has 3 rings (SSSR count). The molecule has 4 heteroatoms. The van der Waals surface area contributed by atoms with Gasteiger partial charge in [-0.2, -0.15) is 0 Å². The van der Waals surface area contributed by atoms with Gasteiger partial charge in [0.25, 0.3) is 0 Å². The summed E-state index contributed by atoms with van der Waals surface area (Å²) in [4.78, 5) is 4.22. The zero-order valence-corrected chi connectivity index (χ0v) is 12.1. The fraction of sp³-hybridized carbons (Fsp3) is 0.235. The standard InChI is InChI=1S/C17H18N2O2/c1-11-9-19-17(21-11)12(2)18-10-15-14-6-4-3-5-13(14)7-8-16(15)20/h3-9,12,18,20H,10H2,1-2H3. The Morgan fingerprint density at radius 3 is 2.81 bits per heavy atom. The van der Waals surface area contributed by atoms with Crippen molar-refractivity contribution in [1.82, 2.24) is 10.3 Å². The number of aromatic nitrogens is 1. The van der Waals surface area contributed by atoms with Crippen molar-refractivity contribution in [3.8, 4) is 5.75 Å². The van der Waals surface area contributed by atoms with Crippen LogP contribution < -0.4 is 5.32 Å². The minimum absolute atomic E-state index is 0.0166. The number of oxazole rings is 1. The van der Waals surface area contributed by atoms with Gasteiger partial charge in [-0.3, -0.25) is 0 Å². The molecule has 3 aromatic rings. The molecule has 0 bridgehead atoms. The number of phenolic OH excluding ortho intramolecular Hbond substituents is 1. The van der Waals surface area contributed by atoms with Crippen LogP contribution in [0.25, 0.3) is 10.8 Å². The molecular formula is C17H18N2O2. The molecule has 2 aromatic carbocycles. The molecule has 1 heterocycles. The second-order valence-corrected chi connectivity index (χ2v) is 5.20. The number of nitrogens with zero attached hydrogens (tertiary/aromatic N) is 1. The summed E-state index contributed by atoms with van der Waals surface area (Å²) in [7, 11) is 0. The molecule has 2 N–H and O–H groups in total. The monoisotopic (exact) mass is 282 g/mol. The van der Waals surface area contributed by atoms with Crippen LogP contribution in [0.15, 0.2) is 47.0 Å². The number of rotatable bonds is 4. The van der Waals surface area contributed by atoms with Crippen molar-refractivity contribution in [2.45, 2.75) is 26.4 Å². The van der Waals surface area contributed by atoms with Gasteiger partial charge in [-0.05, 0) is 30.7 Å². The first-order valence-corrected chi connectivity index (χ1v) is 7.00. The number of hydrogen-bond donors (Lipinski definition) is 2. The van der Waals surface area contributed by atoms with Crippen LogP contribution in [0.5, 0.6) is 5.75 Å². The van der Waals surface area contributed by atoms with Gasteiger partial charge in [-0.1, -0.05) is 30.3 Å². The van der Waals surface area contributed by atoms with Crippen molar-refractivity contribution in [2.24, 2.45) is 0 Å². The largest absolute Gasteiger partial charge is 0.508 e. The SMILES string of the molecule is Cc1cnc(C(C)NCc2c(O)ccc3ccccc23)o1. The van der Waals surface area contributed by atoms with Crippen LogP contribution in [0, 0.1) is 6.92 Å². The first-order chi connectivity index (χ1) is 10.1. The summed E-state index contributed by atoms with van der Waals surface area (Å²) in [5, 5.41) is 15.6. The summed E-state index contributed by atoms with van der Waals surface area (Å²) in [6.45, 7) is 4.42. The van der Waals surface area contributed by atoms with Crippen molar-refractivity contribution < 1.29 is 9.52 Å². The summed E-state index contributed by atoms with van der Waals surface area (Å²) in [6, 6.07) is 11.7. The molecule has 0 spiro atoms. The molecule has 4 nitrogen and oxygen atoms in total. The van der Waals surface area contributed by atoms with Crippen LogP contribution in [0.2, 0.25) is 0 Å². The number of phenols is 1. The molecule has 0 fully saturated rings. The van der Waals surface area contributed by atoms with Crippen molar-refractivity contribution >= 4 is 10.8 Å². The van der Waals surface area contributed by atoms with Crippen LogP contribution in [0.4, 0.5) is 0 Å². The summed E-state index contributed by atoms with van der Waals surface area (Å²) >= 11 is 0. The molecule has 0 aliphatic heterocycles. The molecule has 108 valence electrons. The van der Waals surface area contributed by atoms with Crippen molar-refractivity contribution in [1.29, 1.82) is 0 Å². The summed E-state index contributed by atoms with van der Waals surface area (Å²) in [5.74, 6) is 1.76. The van der Waals surface area contributed by atoms with Gasteiger partial charge < -0.3 is 14.8 Å². The zero-order chi connectivity index (χ0) is 14.8. The number of aryl methyl sites for hydroxylation is 1. The Labute approximate surface area is 123 Å². The number of nitrogens with one attached hydrogen (secondary N) is 1. The third-order valence-corrected chi connectivity index (χ3v) is 3.61. The van der Waals surface area contributed by atoms with E-state index in [4.69, 9.17) is 4.42 Å². The first kappa shape index (κ1) is 13.6. The molecule has 0 aliphatic carbocycles. The summed E-state index contributed by atoms with van der Waals surface area (Å²) in [6.07, 6.45) is 1.71. The Hall–Kier alpha value is -2.33. The van der Waals surface area contributed by atoms with E-state index in [-0.39, 0.29) is 6.04 Å². The van der Waals surface area contributed by atoms with E-state index in [0.29, 0.717) is 18.2 Å². The highest BCUT2D eigenvalue weighted by molar-refractivity contribution is 5.87. The third-order valence-electron chi connectivity index (χ3n) is 3.61. The van der Waals surface area contributed by atoms with Gasteiger partial charge in [0.15, 0.2) is 0 Å². The van der Waals surface area contributed by atoms with Crippen LogP contribution in [0.1, 0.15) is 30.2 Å². The highest BCUT2D eigenvalue weighted by Crippen LogP contribution is 2.27. The van der Waals surface area contributed by atoms with Gasteiger partial charge in [0, 0.05) is 12.1 Å². The van der Waals surface area contributed by atoms with Gasteiger partial charge in [-0.15, -0.1) is 0 Å². The number of fused-ring (bicyclic) bond motifs is 1. The number of benzene rings is 2. The lowest BCUT2D eigenvalue weighted by atomic mass is 10.0.